The molecule has 1 saturated heterocycles. The van der Waals surface area contributed by atoms with Crippen LogP contribution in [0.25, 0.3) is 0 Å². The normalized spacial score (nSPS) is 18.7. The Bertz CT molecular complexity index is 629. The van der Waals surface area contributed by atoms with Crippen molar-refractivity contribution in [2.45, 2.75) is 23.8 Å². The molecule has 0 aliphatic carbocycles. The molecule has 0 aromatic heterocycles. The van der Waals surface area contributed by atoms with E-state index in [0.29, 0.717) is 19.4 Å². The third-order valence-corrected chi connectivity index (χ3v) is 4.55. The molecule has 0 bridgehead atoms. The summed E-state index contributed by atoms with van der Waals surface area (Å²) in [6.07, 6.45) is 1.15. The molecule has 7 nitrogen and oxygen atoms in total. The second-order valence-electron chi connectivity index (χ2n) is 4.68. The molecular formula is C13H16N2O5S. The van der Waals surface area contributed by atoms with Gasteiger partial charge in [-0.2, -0.15) is 8.42 Å². The van der Waals surface area contributed by atoms with E-state index in [-0.39, 0.29) is 4.90 Å². The van der Waals surface area contributed by atoms with Crippen LogP contribution < -0.4 is 5.73 Å². The van der Waals surface area contributed by atoms with Crippen molar-refractivity contribution >= 4 is 21.9 Å². The fourth-order valence-electron chi connectivity index (χ4n) is 2.23. The van der Waals surface area contributed by atoms with Crippen LogP contribution in [0.1, 0.15) is 12.8 Å². The fourth-order valence-corrected chi connectivity index (χ4v) is 3.11. The van der Waals surface area contributed by atoms with Gasteiger partial charge in [0.1, 0.15) is 12.6 Å². The van der Waals surface area contributed by atoms with Crippen molar-refractivity contribution in [2.75, 3.05) is 13.2 Å². The summed E-state index contributed by atoms with van der Waals surface area (Å²) in [7, 11) is -3.99. The van der Waals surface area contributed by atoms with Gasteiger partial charge in [-0.05, 0) is 25.0 Å². The number of carbonyl (C=O) groups excluding carboxylic acids is 2. The Morgan fingerprint density at radius 3 is 2.57 bits per heavy atom. The van der Waals surface area contributed by atoms with Crippen molar-refractivity contribution < 1.29 is 22.2 Å². The number of likely N-dealkylation sites (tertiary alicyclic amines) is 1. The van der Waals surface area contributed by atoms with Crippen molar-refractivity contribution in [3.8, 4) is 0 Å². The molecule has 1 heterocycles. The molecule has 8 heteroatoms. The number of primary amides is 1. The SMILES string of the molecule is NC(=O)C1CCCN1C(=O)COS(=O)(=O)c1ccccc1. The van der Waals surface area contributed by atoms with Crippen LogP contribution in [0.15, 0.2) is 35.2 Å². The molecule has 1 aromatic rings. The zero-order valence-electron chi connectivity index (χ0n) is 11.3. The molecule has 2 rings (SSSR count). The van der Waals surface area contributed by atoms with Gasteiger partial charge in [-0.1, -0.05) is 18.2 Å². The summed E-state index contributed by atoms with van der Waals surface area (Å²) >= 11 is 0. The maximum atomic E-state index is 12.0. The van der Waals surface area contributed by atoms with Gasteiger partial charge in [0.2, 0.25) is 5.91 Å². The van der Waals surface area contributed by atoms with Gasteiger partial charge in [0.25, 0.3) is 16.0 Å². The van der Waals surface area contributed by atoms with Crippen LogP contribution >= 0.6 is 0 Å². The topological polar surface area (TPSA) is 107 Å². The Hall–Kier alpha value is -1.93. The lowest BCUT2D eigenvalue weighted by Gasteiger charge is -2.21. The third-order valence-electron chi connectivity index (χ3n) is 3.27. The zero-order valence-corrected chi connectivity index (χ0v) is 12.1. The van der Waals surface area contributed by atoms with Gasteiger partial charge in [-0.15, -0.1) is 0 Å². The van der Waals surface area contributed by atoms with Crippen LogP contribution in [0.5, 0.6) is 0 Å². The molecule has 21 heavy (non-hydrogen) atoms. The van der Waals surface area contributed by atoms with E-state index >= 15 is 0 Å². The second-order valence-corrected chi connectivity index (χ2v) is 6.29. The first kappa shape index (κ1) is 15.5. The number of amides is 2. The Balaban J connectivity index is 2.00. The predicted molar refractivity (Wildman–Crippen MR) is 73.5 cm³/mol. The average molecular weight is 312 g/mol. The summed E-state index contributed by atoms with van der Waals surface area (Å²) in [5.41, 5.74) is 5.21. The minimum atomic E-state index is -3.99. The summed E-state index contributed by atoms with van der Waals surface area (Å²) in [4.78, 5) is 24.4. The molecule has 2 N–H and O–H groups in total. The highest BCUT2D eigenvalue weighted by atomic mass is 32.2. The van der Waals surface area contributed by atoms with E-state index in [9.17, 15) is 18.0 Å². The number of benzene rings is 1. The highest BCUT2D eigenvalue weighted by molar-refractivity contribution is 7.86. The summed E-state index contributed by atoms with van der Waals surface area (Å²) < 4.78 is 28.5. The van der Waals surface area contributed by atoms with E-state index in [1.54, 1.807) is 18.2 Å². The number of nitrogens with two attached hydrogens (primary N) is 1. The second kappa shape index (κ2) is 6.23. The Kier molecular flexibility index (Phi) is 4.59. The van der Waals surface area contributed by atoms with Crippen molar-refractivity contribution in [1.29, 1.82) is 0 Å². The first-order valence-electron chi connectivity index (χ1n) is 6.45. The van der Waals surface area contributed by atoms with Crippen LogP contribution in [0, 0.1) is 0 Å². The first-order chi connectivity index (χ1) is 9.92. The summed E-state index contributed by atoms with van der Waals surface area (Å²) in [6.45, 7) is -0.262. The minimum Gasteiger partial charge on any atom is -0.368 e. The van der Waals surface area contributed by atoms with E-state index in [2.05, 4.69) is 0 Å². The molecule has 0 saturated carbocycles. The Labute approximate surface area is 122 Å². The van der Waals surface area contributed by atoms with E-state index < -0.39 is 34.6 Å². The molecular weight excluding hydrogens is 296 g/mol. The molecule has 0 radical (unpaired) electrons. The predicted octanol–water partition coefficient (Wildman–Crippen LogP) is -0.132. The summed E-state index contributed by atoms with van der Waals surface area (Å²) in [5, 5.41) is 0. The van der Waals surface area contributed by atoms with Gasteiger partial charge in [0, 0.05) is 6.54 Å². The number of carbonyl (C=O) groups is 2. The minimum absolute atomic E-state index is 0.0225. The van der Waals surface area contributed by atoms with E-state index in [1.165, 1.54) is 17.0 Å². The number of nitrogens with zero attached hydrogens (tertiary/aromatic N) is 1. The number of rotatable bonds is 5. The van der Waals surface area contributed by atoms with Crippen LogP contribution in [0.2, 0.25) is 0 Å². The molecule has 1 atom stereocenters. The van der Waals surface area contributed by atoms with Crippen LogP contribution in [-0.4, -0.2) is 44.3 Å². The highest BCUT2D eigenvalue weighted by Gasteiger charge is 2.33. The first-order valence-corrected chi connectivity index (χ1v) is 7.86. The van der Waals surface area contributed by atoms with Gasteiger partial charge in [-0.25, -0.2) is 0 Å². The molecule has 1 aliphatic heterocycles. The quantitative estimate of drug-likeness (QED) is 0.762. The van der Waals surface area contributed by atoms with Crippen LogP contribution in [0.3, 0.4) is 0 Å². The lowest BCUT2D eigenvalue weighted by Crippen LogP contribution is -2.45. The standard InChI is InChI=1S/C13H16N2O5S/c14-13(17)11-7-4-8-15(11)12(16)9-20-21(18,19)10-5-2-1-3-6-10/h1-3,5-6,11H,4,7-9H2,(H2,14,17). The van der Waals surface area contributed by atoms with Gasteiger partial charge in [-0.3, -0.25) is 13.8 Å². The van der Waals surface area contributed by atoms with Gasteiger partial charge in [0.15, 0.2) is 0 Å². The number of hydrogen-bond donors (Lipinski definition) is 1. The van der Waals surface area contributed by atoms with Crippen molar-refractivity contribution in [3.05, 3.63) is 30.3 Å². The van der Waals surface area contributed by atoms with Crippen LogP contribution in [0.4, 0.5) is 0 Å². The maximum absolute atomic E-state index is 12.0. The molecule has 1 aliphatic rings. The molecule has 114 valence electrons. The maximum Gasteiger partial charge on any atom is 0.297 e. The lowest BCUT2D eigenvalue weighted by atomic mass is 10.2. The lowest BCUT2D eigenvalue weighted by molar-refractivity contribution is -0.138. The van der Waals surface area contributed by atoms with Crippen molar-refractivity contribution in [2.24, 2.45) is 5.73 Å². The van der Waals surface area contributed by atoms with E-state index in [1.807, 2.05) is 0 Å². The Morgan fingerprint density at radius 1 is 1.29 bits per heavy atom. The van der Waals surface area contributed by atoms with E-state index in [0.717, 1.165) is 0 Å². The number of hydrogen-bond acceptors (Lipinski definition) is 5. The molecule has 1 aromatic carbocycles. The van der Waals surface area contributed by atoms with E-state index in [4.69, 9.17) is 9.92 Å². The molecule has 1 fully saturated rings. The van der Waals surface area contributed by atoms with Gasteiger partial charge < -0.3 is 10.6 Å². The smallest absolute Gasteiger partial charge is 0.297 e. The van der Waals surface area contributed by atoms with Gasteiger partial charge >= 0.3 is 0 Å². The molecule has 2 amide bonds. The largest absolute Gasteiger partial charge is 0.368 e. The zero-order chi connectivity index (χ0) is 15.5. The monoisotopic (exact) mass is 312 g/mol. The summed E-state index contributed by atoms with van der Waals surface area (Å²) in [6, 6.07) is 6.86. The third kappa shape index (κ3) is 3.59. The molecule has 0 spiro atoms. The van der Waals surface area contributed by atoms with Crippen molar-refractivity contribution in [1.82, 2.24) is 4.90 Å². The molecule has 1 unspecified atom stereocenters. The average Bonchev–Trinajstić information content (AvgIpc) is 2.95. The van der Waals surface area contributed by atoms with Crippen LogP contribution in [-0.2, 0) is 23.9 Å². The fraction of sp³-hybridized carbons (Fsp3) is 0.385. The summed E-state index contributed by atoms with van der Waals surface area (Å²) in [5.74, 6) is -1.15. The van der Waals surface area contributed by atoms with Crippen molar-refractivity contribution in [3.63, 3.8) is 0 Å². The Morgan fingerprint density at radius 2 is 1.95 bits per heavy atom. The van der Waals surface area contributed by atoms with Gasteiger partial charge in [0.05, 0.1) is 4.90 Å². The highest BCUT2D eigenvalue weighted by Crippen LogP contribution is 2.18.